The molecule has 3 atom stereocenters. The van der Waals surface area contributed by atoms with Gasteiger partial charge < -0.3 is 39.9 Å². The summed E-state index contributed by atoms with van der Waals surface area (Å²) in [5, 5.41) is 9.24. The van der Waals surface area contributed by atoms with E-state index in [9.17, 15) is 19.2 Å². The average Bonchev–Trinajstić information content (AvgIpc) is 4.10. The Hall–Kier alpha value is -6.48. The first-order valence-electron chi connectivity index (χ1n) is 18.8. The monoisotopic (exact) mass is 786 g/mol. The van der Waals surface area contributed by atoms with Gasteiger partial charge in [-0.1, -0.05) is 54.6 Å². The molecule has 2 fully saturated rings. The molecular formula is C42H42N8O6S. The van der Waals surface area contributed by atoms with Crippen LogP contribution in [0.4, 0.5) is 9.59 Å². The lowest BCUT2D eigenvalue weighted by Gasteiger charge is -2.27. The number of aromatic nitrogens is 4. The third kappa shape index (κ3) is 7.83. The molecule has 292 valence electrons. The molecule has 6 aromatic rings. The highest BCUT2D eigenvalue weighted by molar-refractivity contribution is 7.10. The van der Waals surface area contributed by atoms with Crippen LogP contribution in [-0.2, 0) is 19.1 Å². The van der Waals surface area contributed by atoms with E-state index in [1.165, 1.54) is 25.6 Å². The SMILES string of the molecule is COC(=O)NCC(=O)N1CCCC1c1ncc(-c2ccc3cc(-c4ccc(-c5cnc([C@@H]6CCCN6C(=O)C(NC(=O)OC)c6cccs6)[nH]5)cc4)ccc3c2)[nH]1. The van der Waals surface area contributed by atoms with Gasteiger partial charge in [0.25, 0.3) is 5.91 Å². The Kier molecular flexibility index (Phi) is 10.7. The van der Waals surface area contributed by atoms with E-state index in [-0.39, 0.29) is 30.4 Å². The van der Waals surface area contributed by atoms with Gasteiger partial charge >= 0.3 is 12.2 Å². The number of alkyl carbamates (subject to hydrolysis) is 2. The number of imidazole rings is 2. The number of benzene rings is 3. The number of thiophene rings is 1. The Labute approximate surface area is 332 Å². The van der Waals surface area contributed by atoms with Crippen LogP contribution in [0.25, 0.3) is 44.4 Å². The smallest absolute Gasteiger partial charge is 0.407 e. The van der Waals surface area contributed by atoms with Crippen molar-refractivity contribution in [1.82, 2.24) is 40.4 Å². The molecule has 15 heteroatoms. The summed E-state index contributed by atoms with van der Waals surface area (Å²) in [5.74, 6) is 1.07. The van der Waals surface area contributed by atoms with Gasteiger partial charge in [-0.25, -0.2) is 19.6 Å². The molecule has 14 nitrogen and oxygen atoms in total. The second-order valence-corrected chi connectivity index (χ2v) is 15.1. The number of nitrogens with zero attached hydrogens (tertiary/aromatic N) is 4. The predicted octanol–water partition coefficient (Wildman–Crippen LogP) is 7.13. The molecule has 2 unspecified atom stereocenters. The first-order chi connectivity index (χ1) is 27.8. The van der Waals surface area contributed by atoms with Crippen molar-refractivity contribution >= 4 is 46.1 Å². The molecule has 3 aromatic carbocycles. The van der Waals surface area contributed by atoms with Gasteiger partial charge in [-0.3, -0.25) is 9.59 Å². The zero-order valence-electron chi connectivity index (χ0n) is 31.5. The van der Waals surface area contributed by atoms with E-state index >= 15 is 0 Å². The minimum atomic E-state index is -0.833. The molecule has 4 amide bonds. The number of fused-ring (bicyclic) bond motifs is 1. The van der Waals surface area contributed by atoms with Crippen LogP contribution in [-0.4, -0.2) is 87.6 Å². The van der Waals surface area contributed by atoms with Crippen LogP contribution in [0.2, 0.25) is 0 Å². The van der Waals surface area contributed by atoms with Gasteiger partial charge in [0.15, 0.2) is 0 Å². The topological polar surface area (TPSA) is 175 Å². The number of aromatic amines is 2. The number of methoxy groups -OCH3 is 2. The minimum absolute atomic E-state index is 0.124. The number of rotatable bonds is 10. The number of hydrogen-bond donors (Lipinski definition) is 4. The number of amides is 4. The normalized spacial score (nSPS) is 17.1. The minimum Gasteiger partial charge on any atom is -0.453 e. The van der Waals surface area contributed by atoms with Gasteiger partial charge in [0.05, 0.1) is 50.1 Å². The van der Waals surface area contributed by atoms with Crippen LogP contribution in [0.5, 0.6) is 0 Å². The van der Waals surface area contributed by atoms with E-state index in [0.717, 1.165) is 80.8 Å². The van der Waals surface area contributed by atoms with Gasteiger partial charge in [-0.2, -0.15) is 0 Å². The number of H-pyrrole nitrogens is 2. The van der Waals surface area contributed by atoms with Gasteiger partial charge in [0, 0.05) is 23.5 Å². The second kappa shape index (κ2) is 16.3. The zero-order chi connectivity index (χ0) is 39.5. The van der Waals surface area contributed by atoms with Crippen molar-refractivity contribution in [3.63, 3.8) is 0 Å². The van der Waals surface area contributed by atoms with Crippen molar-refractivity contribution in [1.29, 1.82) is 0 Å². The number of nitrogens with one attached hydrogen (secondary N) is 4. The molecule has 8 rings (SSSR count). The third-order valence-electron chi connectivity index (χ3n) is 10.7. The Morgan fingerprint density at radius 3 is 1.98 bits per heavy atom. The molecule has 3 aromatic heterocycles. The molecule has 0 aliphatic carbocycles. The molecule has 5 heterocycles. The number of carbonyl (C=O) groups is 4. The molecule has 57 heavy (non-hydrogen) atoms. The van der Waals surface area contributed by atoms with Gasteiger partial charge in [-0.05, 0) is 76.7 Å². The van der Waals surface area contributed by atoms with E-state index < -0.39 is 18.2 Å². The van der Waals surface area contributed by atoms with Crippen molar-refractivity contribution in [2.45, 2.75) is 43.8 Å². The zero-order valence-corrected chi connectivity index (χ0v) is 32.3. The fourth-order valence-corrected chi connectivity index (χ4v) is 8.55. The van der Waals surface area contributed by atoms with E-state index in [0.29, 0.717) is 18.9 Å². The average molecular weight is 787 g/mol. The molecule has 2 saturated heterocycles. The quantitative estimate of drug-likeness (QED) is 0.114. The van der Waals surface area contributed by atoms with Gasteiger partial charge in [0.2, 0.25) is 5.91 Å². The highest BCUT2D eigenvalue weighted by Gasteiger charge is 2.37. The summed E-state index contributed by atoms with van der Waals surface area (Å²) < 4.78 is 9.40. The van der Waals surface area contributed by atoms with Gasteiger partial charge in [0.1, 0.15) is 24.2 Å². The summed E-state index contributed by atoms with van der Waals surface area (Å²) in [6, 6.07) is 23.5. The van der Waals surface area contributed by atoms with Crippen molar-refractivity contribution in [3.05, 3.63) is 107 Å². The summed E-state index contributed by atoms with van der Waals surface area (Å²) in [6.45, 7) is 1.05. The summed E-state index contributed by atoms with van der Waals surface area (Å²) in [6.07, 6.45) is 5.56. The van der Waals surface area contributed by atoms with E-state index in [2.05, 4.69) is 91.0 Å². The van der Waals surface area contributed by atoms with Crippen LogP contribution in [0.3, 0.4) is 0 Å². The highest BCUT2D eigenvalue weighted by Crippen LogP contribution is 2.36. The summed E-state index contributed by atoms with van der Waals surface area (Å²) in [5.41, 5.74) is 5.85. The number of likely N-dealkylation sites (tertiary alicyclic amines) is 2. The first-order valence-corrected chi connectivity index (χ1v) is 19.7. The maximum atomic E-state index is 13.8. The fourth-order valence-electron chi connectivity index (χ4n) is 7.78. The Morgan fingerprint density at radius 2 is 1.33 bits per heavy atom. The lowest BCUT2D eigenvalue weighted by molar-refractivity contribution is -0.134. The van der Waals surface area contributed by atoms with Crippen molar-refractivity contribution in [2.75, 3.05) is 33.9 Å². The molecule has 0 spiro atoms. The van der Waals surface area contributed by atoms with Gasteiger partial charge in [-0.15, -0.1) is 11.3 Å². The van der Waals surface area contributed by atoms with Crippen molar-refractivity contribution in [3.8, 4) is 33.6 Å². The maximum absolute atomic E-state index is 13.8. The van der Waals surface area contributed by atoms with E-state index in [1.807, 2.05) is 17.5 Å². The number of ether oxygens (including phenoxy) is 2. The van der Waals surface area contributed by atoms with Crippen molar-refractivity contribution < 1.29 is 28.7 Å². The lowest BCUT2D eigenvalue weighted by atomic mass is 9.98. The molecule has 2 aliphatic rings. The summed E-state index contributed by atoms with van der Waals surface area (Å²) in [7, 11) is 2.55. The van der Waals surface area contributed by atoms with E-state index in [4.69, 9.17) is 9.72 Å². The fraction of sp³-hybridized carbons (Fsp3) is 0.286. The summed E-state index contributed by atoms with van der Waals surface area (Å²) in [4.78, 5) is 70.7. The molecule has 0 radical (unpaired) electrons. The van der Waals surface area contributed by atoms with Crippen LogP contribution in [0.15, 0.2) is 90.6 Å². The predicted molar refractivity (Wildman–Crippen MR) is 215 cm³/mol. The molecule has 0 bridgehead atoms. The Bertz CT molecular complexity index is 2410. The molecule has 0 saturated carbocycles. The van der Waals surface area contributed by atoms with E-state index in [1.54, 1.807) is 22.2 Å². The standard InChI is InChI=1S/C42H42N8O6S/c1-55-41(53)45-24-36(51)49-17-3-6-33(49)38-44-23-32(47-38)30-16-15-28-20-27(13-14-29(28)21-30)25-9-11-26(12-10-25)31-22-43-39(46-31)34-7-4-18-50(34)40(52)37(48-42(54)56-2)35-8-5-19-57-35/h5,8-16,19-23,33-34,37H,3-4,6-7,17-18,24H2,1-2H3,(H,43,46)(H,44,47)(H,45,53)(H,48,54)/t33?,34-,37?/m0/s1. The van der Waals surface area contributed by atoms with Crippen LogP contribution >= 0.6 is 11.3 Å². The number of hydrogen-bond acceptors (Lipinski definition) is 9. The van der Waals surface area contributed by atoms with Crippen LogP contribution < -0.4 is 10.6 Å². The second-order valence-electron chi connectivity index (χ2n) is 14.1. The number of carbonyl (C=O) groups excluding carboxylic acids is 4. The Morgan fingerprint density at radius 1 is 0.754 bits per heavy atom. The summed E-state index contributed by atoms with van der Waals surface area (Å²) >= 11 is 1.41. The first kappa shape index (κ1) is 37.4. The highest BCUT2D eigenvalue weighted by atomic mass is 32.1. The third-order valence-corrected chi connectivity index (χ3v) is 11.6. The van der Waals surface area contributed by atoms with Crippen molar-refractivity contribution in [2.24, 2.45) is 0 Å². The van der Waals surface area contributed by atoms with Crippen LogP contribution in [0.1, 0.15) is 60.3 Å². The lowest BCUT2D eigenvalue weighted by Crippen LogP contribution is -2.42. The largest absolute Gasteiger partial charge is 0.453 e. The molecule has 4 N–H and O–H groups in total. The maximum Gasteiger partial charge on any atom is 0.407 e. The Balaban J connectivity index is 0.936. The molecule has 2 aliphatic heterocycles. The van der Waals surface area contributed by atoms with Crippen LogP contribution in [0, 0.1) is 0 Å². The molecular weight excluding hydrogens is 745 g/mol.